The Balaban J connectivity index is 2.21. The summed E-state index contributed by atoms with van der Waals surface area (Å²) in [6.07, 6.45) is -4.75. The molecule has 6 N–H and O–H groups in total. The van der Waals surface area contributed by atoms with Crippen molar-refractivity contribution in [1.29, 1.82) is 0 Å². The van der Waals surface area contributed by atoms with Crippen LogP contribution in [0.4, 0.5) is 0 Å². The average molecular weight is 260 g/mol. The summed E-state index contributed by atoms with van der Waals surface area (Å²) in [5, 5.41) is 45.5. The molecular weight excluding hydrogens is 244 g/mol. The van der Waals surface area contributed by atoms with Gasteiger partial charge in [-0.25, -0.2) is 4.68 Å². The van der Waals surface area contributed by atoms with E-state index < -0.39 is 37.3 Å². The predicted octanol–water partition coefficient (Wildman–Crippen LogP) is -3.29. The second-order valence-electron chi connectivity index (χ2n) is 4.11. The number of aliphatic hydroxyl groups excluding tert-OH is 4. The van der Waals surface area contributed by atoms with Gasteiger partial charge in [0.2, 0.25) is 0 Å². The second kappa shape index (κ2) is 5.26. The Morgan fingerprint density at radius 1 is 1.28 bits per heavy atom. The maximum atomic E-state index is 9.82. The Kier molecular flexibility index (Phi) is 3.90. The predicted molar refractivity (Wildman–Crippen MR) is 56.9 cm³/mol. The molecule has 0 aromatic carbocycles. The molecule has 0 radical (unpaired) electrons. The maximum Gasteiger partial charge on any atom is 0.180 e. The van der Waals surface area contributed by atoms with E-state index in [-0.39, 0.29) is 6.54 Å². The molecule has 1 aromatic heterocycles. The molecule has 1 unspecified atom stereocenters. The van der Waals surface area contributed by atoms with Crippen LogP contribution in [0, 0.1) is 0 Å². The van der Waals surface area contributed by atoms with E-state index in [0.717, 1.165) is 0 Å². The smallest absolute Gasteiger partial charge is 0.180 e. The molecule has 18 heavy (non-hydrogen) atoms. The van der Waals surface area contributed by atoms with Gasteiger partial charge in [-0.05, 0) is 0 Å². The standard InChI is InChI=1S/C9H16N4O5/c10-1-4-2-13(12-11-4)9-8(17)7(16)6(15)5(3-14)18-9/h2,5-9,14-17H,1,3,10H2/t5-,6-,7+,8-,9?/m1/s1. The van der Waals surface area contributed by atoms with Gasteiger partial charge in [-0.2, -0.15) is 0 Å². The van der Waals surface area contributed by atoms with Gasteiger partial charge in [-0.1, -0.05) is 5.21 Å². The Hall–Kier alpha value is -1.10. The van der Waals surface area contributed by atoms with Crippen LogP contribution in [-0.4, -0.2) is 66.4 Å². The number of nitrogens with two attached hydrogens (primary N) is 1. The number of ether oxygens (including phenoxy) is 1. The van der Waals surface area contributed by atoms with Crippen LogP contribution in [-0.2, 0) is 11.3 Å². The van der Waals surface area contributed by atoms with Gasteiger partial charge >= 0.3 is 0 Å². The maximum absolute atomic E-state index is 9.82. The fourth-order valence-electron chi connectivity index (χ4n) is 1.83. The molecule has 0 bridgehead atoms. The van der Waals surface area contributed by atoms with Crippen molar-refractivity contribution in [2.75, 3.05) is 6.61 Å². The van der Waals surface area contributed by atoms with Crippen molar-refractivity contribution >= 4 is 0 Å². The van der Waals surface area contributed by atoms with Crippen LogP contribution in [0.3, 0.4) is 0 Å². The van der Waals surface area contributed by atoms with E-state index in [1.165, 1.54) is 10.9 Å². The fourth-order valence-corrected chi connectivity index (χ4v) is 1.83. The molecule has 1 fully saturated rings. The zero-order chi connectivity index (χ0) is 13.3. The summed E-state index contributed by atoms with van der Waals surface area (Å²) in [6.45, 7) is -0.308. The third-order valence-corrected chi connectivity index (χ3v) is 2.89. The van der Waals surface area contributed by atoms with Gasteiger partial charge in [0.25, 0.3) is 0 Å². The van der Waals surface area contributed by atoms with Crippen LogP contribution in [0.1, 0.15) is 11.9 Å². The van der Waals surface area contributed by atoms with Crippen molar-refractivity contribution in [1.82, 2.24) is 15.0 Å². The van der Waals surface area contributed by atoms with Crippen LogP contribution in [0.25, 0.3) is 0 Å². The average Bonchev–Trinajstić information content (AvgIpc) is 2.85. The zero-order valence-corrected chi connectivity index (χ0v) is 9.49. The Bertz CT molecular complexity index is 398. The van der Waals surface area contributed by atoms with Gasteiger partial charge in [0.15, 0.2) is 6.23 Å². The second-order valence-corrected chi connectivity index (χ2v) is 4.11. The van der Waals surface area contributed by atoms with Crippen molar-refractivity contribution in [3.05, 3.63) is 11.9 Å². The number of hydrogen-bond donors (Lipinski definition) is 5. The minimum Gasteiger partial charge on any atom is -0.394 e. The molecule has 1 aliphatic rings. The lowest BCUT2D eigenvalue weighted by Crippen LogP contribution is -2.56. The Labute approximate surface area is 102 Å². The first kappa shape index (κ1) is 13.3. The van der Waals surface area contributed by atoms with E-state index in [1.807, 2.05) is 0 Å². The minimum absolute atomic E-state index is 0.178. The first-order valence-electron chi connectivity index (χ1n) is 5.49. The molecule has 5 atom stereocenters. The topological polar surface area (TPSA) is 147 Å². The van der Waals surface area contributed by atoms with Gasteiger partial charge < -0.3 is 30.9 Å². The minimum atomic E-state index is -1.44. The molecule has 1 saturated heterocycles. The molecule has 0 amide bonds. The lowest BCUT2D eigenvalue weighted by molar-refractivity contribution is -0.254. The highest BCUT2D eigenvalue weighted by Crippen LogP contribution is 2.27. The molecule has 1 aromatic rings. The van der Waals surface area contributed by atoms with Crippen molar-refractivity contribution in [2.24, 2.45) is 5.73 Å². The molecule has 9 nitrogen and oxygen atoms in total. The lowest BCUT2D eigenvalue weighted by atomic mass is 9.98. The third-order valence-electron chi connectivity index (χ3n) is 2.89. The first-order chi connectivity index (χ1) is 8.58. The zero-order valence-electron chi connectivity index (χ0n) is 9.49. The monoisotopic (exact) mass is 260 g/mol. The van der Waals surface area contributed by atoms with Crippen molar-refractivity contribution in [3.8, 4) is 0 Å². The largest absolute Gasteiger partial charge is 0.394 e. The molecule has 2 rings (SSSR count). The van der Waals surface area contributed by atoms with Crippen molar-refractivity contribution < 1.29 is 25.2 Å². The van der Waals surface area contributed by atoms with Crippen LogP contribution in [0.15, 0.2) is 6.20 Å². The Morgan fingerprint density at radius 3 is 2.56 bits per heavy atom. The highest BCUT2D eigenvalue weighted by molar-refractivity contribution is 4.95. The normalized spacial score (nSPS) is 36.8. The Morgan fingerprint density at radius 2 is 2.00 bits per heavy atom. The van der Waals surface area contributed by atoms with Gasteiger partial charge in [0, 0.05) is 6.54 Å². The van der Waals surface area contributed by atoms with Crippen molar-refractivity contribution in [2.45, 2.75) is 37.2 Å². The van der Waals surface area contributed by atoms with E-state index in [0.29, 0.717) is 5.69 Å². The van der Waals surface area contributed by atoms with Crippen LogP contribution < -0.4 is 5.73 Å². The van der Waals surface area contributed by atoms with Gasteiger partial charge in [-0.3, -0.25) is 0 Å². The number of aromatic nitrogens is 3. The quantitative estimate of drug-likeness (QED) is 0.380. The molecular formula is C9H16N4O5. The molecule has 0 saturated carbocycles. The van der Waals surface area contributed by atoms with Gasteiger partial charge in [0.05, 0.1) is 18.5 Å². The summed E-state index contributed by atoms with van der Waals surface area (Å²) in [6, 6.07) is 0. The summed E-state index contributed by atoms with van der Waals surface area (Å²) in [5.41, 5.74) is 5.87. The van der Waals surface area contributed by atoms with Gasteiger partial charge in [0.1, 0.15) is 24.4 Å². The highest BCUT2D eigenvalue weighted by Gasteiger charge is 2.44. The van der Waals surface area contributed by atoms with Crippen LogP contribution in [0.2, 0.25) is 0 Å². The van der Waals surface area contributed by atoms with E-state index in [9.17, 15) is 15.3 Å². The lowest BCUT2D eigenvalue weighted by Gasteiger charge is -2.39. The summed E-state index contributed by atoms with van der Waals surface area (Å²) >= 11 is 0. The fraction of sp³-hybridized carbons (Fsp3) is 0.778. The molecule has 9 heteroatoms. The van der Waals surface area contributed by atoms with Crippen LogP contribution >= 0.6 is 0 Å². The summed E-state index contributed by atoms with van der Waals surface area (Å²) < 4.78 is 6.48. The van der Waals surface area contributed by atoms with Crippen LogP contribution in [0.5, 0.6) is 0 Å². The van der Waals surface area contributed by atoms with E-state index >= 15 is 0 Å². The third kappa shape index (κ3) is 2.23. The molecule has 2 heterocycles. The molecule has 1 aliphatic heterocycles. The SMILES string of the molecule is NCc1cn(C2O[C@H](CO)[C@@H](O)[C@H](O)[C@H]2O)nn1. The first-order valence-corrected chi connectivity index (χ1v) is 5.49. The van der Waals surface area contributed by atoms with E-state index in [1.54, 1.807) is 0 Å². The number of hydrogen-bond acceptors (Lipinski definition) is 8. The summed E-state index contributed by atoms with van der Waals surface area (Å²) in [5.74, 6) is 0. The molecule has 0 aliphatic carbocycles. The summed E-state index contributed by atoms with van der Waals surface area (Å²) in [4.78, 5) is 0. The highest BCUT2D eigenvalue weighted by atomic mass is 16.6. The van der Waals surface area contributed by atoms with Gasteiger partial charge in [-0.15, -0.1) is 5.10 Å². The molecule has 0 spiro atoms. The van der Waals surface area contributed by atoms with E-state index in [2.05, 4.69) is 10.3 Å². The van der Waals surface area contributed by atoms with E-state index in [4.69, 9.17) is 15.6 Å². The number of aliphatic hydroxyl groups is 4. The molecule has 102 valence electrons. The number of nitrogens with zero attached hydrogens (tertiary/aromatic N) is 3. The number of rotatable bonds is 3. The summed E-state index contributed by atoms with van der Waals surface area (Å²) in [7, 11) is 0. The van der Waals surface area contributed by atoms with Crippen molar-refractivity contribution in [3.63, 3.8) is 0 Å².